The van der Waals surface area contributed by atoms with Crippen molar-refractivity contribution in [1.82, 2.24) is 0 Å². The summed E-state index contributed by atoms with van der Waals surface area (Å²) in [6.07, 6.45) is 5.34. The van der Waals surface area contributed by atoms with Crippen LogP contribution in [0.25, 0.3) is 24.3 Å². The molecule has 0 aliphatic carbocycles. The Morgan fingerprint density at radius 3 is 1.39 bits per heavy atom. The number of benzene rings is 2. The number of ether oxygens (including phenoxy) is 1. The van der Waals surface area contributed by atoms with Crippen LogP contribution in [-0.2, 0) is 9.53 Å². The van der Waals surface area contributed by atoms with Crippen molar-refractivity contribution in [3.63, 3.8) is 0 Å². The van der Waals surface area contributed by atoms with E-state index in [1.807, 2.05) is 0 Å². The van der Waals surface area contributed by atoms with Gasteiger partial charge in [0.25, 0.3) is 0 Å². The highest BCUT2D eigenvalue weighted by atomic mass is 16.5. The molecule has 2 aromatic carbocycles. The molecule has 12 heteroatoms. The van der Waals surface area contributed by atoms with Crippen molar-refractivity contribution in [3.05, 3.63) is 103 Å². The van der Waals surface area contributed by atoms with E-state index in [-0.39, 0.29) is 34.5 Å². The lowest BCUT2D eigenvalue weighted by Crippen LogP contribution is -2.27. The predicted molar refractivity (Wildman–Crippen MR) is 145 cm³/mol. The molecule has 0 saturated heterocycles. The highest BCUT2D eigenvalue weighted by molar-refractivity contribution is 5.84. The first-order chi connectivity index (χ1) is 19.5. The zero-order chi connectivity index (χ0) is 29.8. The molecule has 41 heavy (non-hydrogen) atoms. The summed E-state index contributed by atoms with van der Waals surface area (Å²) in [7, 11) is 0.973. The van der Waals surface area contributed by atoms with Crippen LogP contribution in [-0.4, -0.2) is 43.7 Å². The number of aromatic hydroxyl groups is 6. The summed E-state index contributed by atoms with van der Waals surface area (Å²) >= 11 is 0. The molecule has 6 N–H and O–H groups in total. The molecule has 0 amide bonds. The van der Waals surface area contributed by atoms with Crippen molar-refractivity contribution in [2.45, 2.75) is 5.92 Å². The second kappa shape index (κ2) is 11.5. The van der Waals surface area contributed by atoms with Gasteiger partial charge in [0, 0.05) is 12.1 Å². The third-order valence-electron chi connectivity index (χ3n) is 5.86. The summed E-state index contributed by atoms with van der Waals surface area (Å²) in [5.41, 5.74) is -2.99. The first-order valence-corrected chi connectivity index (χ1v) is 11.7. The van der Waals surface area contributed by atoms with Crippen LogP contribution < -0.4 is 11.3 Å². The predicted octanol–water partition coefficient (Wildman–Crippen LogP) is 3.47. The van der Waals surface area contributed by atoms with Crippen LogP contribution >= 0.6 is 0 Å². The van der Waals surface area contributed by atoms with E-state index in [1.165, 1.54) is 60.7 Å². The van der Waals surface area contributed by atoms with E-state index in [0.717, 1.165) is 19.2 Å². The van der Waals surface area contributed by atoms with Crippen molar-refractivity contribution in [3.8, 4) is 34.5 Å². The molecule has 4 rings (SSSR count). The summed E-state index contributed by atoms with van der Waals surface area (Å²) in [6, 6.07) is 9.86. The number of phenols is 4. The van der Waals surface area contributed by atoms with E-state index in [1.54, 1.807) is 0 Å². The Hall–Kier alpha value is -5.91. The van der Waals surface area contributed by atoms with E-state index >= 15 is 0 Å². The van der Waals surface area contributed by atoms with Crippen molar-refractivity contribution in [2.24, 2.45) is 0 Å². The van der Waals surface area contributed by atoms with Crippen LogP contribution in [0.1, 0.15) is 39.7 Å². The van der Waals surface area contributed by atoms with Gasteiger partial charge in [-0.05, 0) is 47.5 Å². The van der Waals surface area contributed by atoms with E-state index in [0.29, 0.717) is 11.1 Å². The second-order valence-electron chi connectivity index (χ2n) is 8.59. The summed E-state index contributed by atoms with van der Waals surface area (Å²) in [5.74, 6) is -6.36. The maximum atomic E-state index is 12.9. The maximum Gasteiger partial charge on any atom is 0.344 e. The number of phenolic OH excluding ortho intramolecular Hbond substituents is 4. The second-order valence-corrected chi connectivity index (χ2v) is 8.59. The standard InChI is InChI=1S/C29H22O12/c1-39-27(36)26(24-22(34)12-16(40-28(24)37)6-2-14-4-8-18(30)20(32)10-14)25-23(35)13-17(41-29(25)38)7-3-15-5-9-19(31)21(33)11-15/h2-13,26,30-35H,1H3. The molecule has 0 aliphatic heterocycles. The van der Waals surface area contributed by atoms with Crippen molar-refractivity contribution >= 4 is 30.3 Å². The number of esters is 1. The Bertz CT molecular complexity index is 1680. The molecule has 0 atom stereocenters. The summed E-state index contributed by atoms with van der Waals surface area (Å²) in [6.45, 7) is 0. The average Bonchev–Trinajstić information content (AvgIpc) is 2.92. The lowest BCUT2D eigenvalue weighted by molar-refractivity contribution is -0.141. The lowest BCUT2D eigenvalue weighted by Gasteiger charge is -2.15. The molecule has 0 aliphatic rings. The minimum absolute atomic E-state index is 0.163. The first kappa shape index (κ1) is 28.1. The zero-order valence-electron chi connectivity index (χ0n) is 21.1. The molecule has 0 fully saturated rings. The fourth-order valence-corrected chi connectivity index (χ4v) is 3.86. The molecule has 0 bridgehead atoms. The highest BCUT2D eigenvalue weighted by Gasteiger charge is 2.36. The summed E-state index contributed by atoms with van der Waals surface area (Å²) < 4.78 is 15.1. The molecule has 0 saturated carbocycles. The van der Waals surface area contributed by atoms with Crippen LogP contribution in [0.5, 0.6) is 34.5 Å². The molecule has 0 spiro atoms. The van der Waals surface area contributed by atoms with Crippen LogP contribution in [0.4, 0.5) is 0 Å². The number of carbonyl (C=O) groups is 1. The maximum absolute atomic E-state index is 12.9. The minimum atomic E-state index is -1.92. The molecule has 2 heterocycles. The van der Waals surface area contributed by atoms with Gasteiger partial charge < -0.3 is 44.2 Å². The molecular formula is C29H22O12. The topological polar surface area (TPSA) is 208 Å². The van der Waals surface area contributed by atoms with Crippen molar-refractivity contribution < 1.29 is 49.0 Å². The van der Waals surface area contributed by atoms with Gasteiger partial charge in [0.1, 0.15) is 28.9 Å². The number of hydrogen-bond donors (Lipinski definition) is 6. The van der Waals surface area contributed by atoms with Gasteiger partial charge in [-0.15, -0.1) is 0 Å². The van der Waals surface area contributed by atoms with Gasteiger partial charge in [-0.3, -0.25) is 4.79 Å². The Balaban J connectivity index is 1.71. The highest BCUT2D eigenvalue weighted by Crippen LogP contribution is 2.34. The molecule has 2 aromatic heterocycles. The molecule has 0 unspecified atom stereocenters. The average molecular weight is 562 g/mol. The van der Waals surface area contributed by atoms with Gasteiger partial charge >= 0.3 is 17.2 Å². The van der Waals surface area contributed by atoms with Gasteiger partial charge in [0.15, 0.2) is 23.0 Å². The number of rotatable bonds is 7. The zero-order valence-corrected chi connectivity index (χ0v) is 21.1. The lowest BCUT2D eigenvalue weighted by atomic mass is 9.92. The Labute approximate surface area is 230 Å². The Kier molecular flexibility index (Phi) is 7.85. The largest absolute Gasteiger partial charge is 0.507 e. The van der Waals surface area contributed by atoms with Gasteiger partial charge in [-0.2, -0.15) is 0 Å². The number of methoxy groups -OCH3 is 1. The SMILES string of the molecule is COC(=O)C(c1c(O)cc(C=Cc2ccc(O)c(O)c2)oc1=O)c1c(O)cc(C=Cc2ccc(O)c(O)c2)oc1=O. The van der Waals surface area contributed by atoms with Crippen LogP contribution in [0, 0.1) is 0 Å². The number of hydrogen-bond acceptors (Lipinski definition) is 12. The van der Waals surface area contributed by atoms with Gasteiger partial charge in [0.2, 0.25) is 0 Å². The van der Waals surface area contributed by atoms with E-state index in [4.69, 9.17) is 13.6 Å². The van der Waals surface area contributed by atoms with Gasteiger partial charge in [-0.1, -0.05) is 24.3 Å². The first-order valence-electron chi connectivity index (χ1n) is 11.7. The van der Waals surface area contributed by atoms with E-state index in [9.17, 15) is 45.0 Å². The Morgan fingerprint density at radius 1 is 0.634 bits per heavy atom. The van der Waals surface area contributed by atoms with E-state index in [2.05, 4.69) is 0 Å². The van der Waals surface area contributed by atoms with Crippen LogP contribution in [0.2, 0.25) is 0 Å². The van der Waals surface area contributed by atoms with Gasteiger partial charge in [-0.25, -0.2) is 9.59 Å². The summed E-state index contributed by atoms with van der Waals surface area (Å²) in [5, 5.41) is 59.4. The molecule has 210 valence electrons. The monoisotopic (exact) mass is 562 g/mol. The molecular weight excluding hydrogens is 540 g/mol. The molecule has 0 radical (unpaired) electrons. The fraction of sp³-hybridized carbons (Fsp3) is 0.0690. The minimum Gasteiger partial charge on any atom is -0.507 e. The number of carbonyl (C=O) groups excluding carboxylic acids is 1. The third-order valence-corrected chi connectivity index (χ3v) is 5.86. The third kappa shape index (κ3) is 6.06. The van der Waals surface area contributed by atoms with E-state index < -0.39 is 45.8 Å². The Morgan fingerprint density at radius 2 is 1.05 bits per heavy atom. The smallest absolute Gasteiger partial charge is 0.344 e. The van der Waals surface area contributed by atoms with Crippen molar-refractivity contribution in [1.29, 1.82) is 0 Å². The van der Waals surface area contributed by atoms with Crippen LogP contribution in [0.3, 0.4) is 0 Å². The normalized spacial score (nSPS) is 12.1. The van der Waals surface area contributed by atoms with Crippen LogP contribution in [0.15, 0.2) is 67.0 Å². The van der Waals surface area contributed by atoms with Crippen molar-refractivity contribution in [2.75, 3.05) is 7.11 Å². The molecule has 12 nitrogen and oxygen atoms in total. The fourth-order valence-electron chi connectivity index (χ4n) is 3.86. The van der Waals surface area contributed by atoms with Gasteiger partial charge in [0.05, 0.1) is 18.2 Å². The summed E-state index contributed by atoms with van der Waals surface area (Å²) in [4.78, 5) is 38.5. The molecule has 4 aromatic rings. The quantitative estimate of drug-likeness (QED) is 0.141.